The Morgan fingerprint density at radius 1 is 1.09 bits per heavy atom. The number of fused-ring (bicyclic) bond motifs is 3. The van der Waals surface area contributed by atoms with Crippen molar-refractivity contribution in [2.24, 2.45) is 0 Å². The zero-order valence-electron chi connectivity index (χ0n) is 18.9. The monoisotopic (exact) mass is 468 g/mol. The van der Waals surface area contributed by atoms with Crippen LogP contribution in [0.15, 0.2) is 47.4 Å². The third-order valence-corrected chi connectivity index (χ3v) is 7.82. The van der Waals surface area contributed by atoms with Crippen molar-refractivity contribution >= 4 is 23.8 Å². The van der Waals surface area contributed by atoms with Crippen molar-refractivity contribution in [2.45, 2.75) is 42.3 Å². The first-order valence-electron chi connectivity index (χ1n) is 11.3. The van der Waals surface area contributed by atoms with E-state index in [0.717, 1.165) is 24.2 Å². The van der Waals surface area contributed by atoms with Crippen LogP contribution in [0.25, 0.3) is 0 Å². The zero-order chi connectivity index (χ0) is 22.9. The Bertz CT molecular complexity index is 1050. The van der Waals surface area contributed by atoms with Crippen molar-refractivity contribution < 1.29 is 23.8 Å². The van der Waals surface area contributed by atoms with E-state index in [-0.39, 0.29) is 30.2 Å². The van der Waals surface area contributed by atoms with E-state index < -0.39 is 0 Å². The van der Waals surface area contributed by atoms with Gasteiger partial charge in [0.15, 0.2) is 11.5 Å². The Balaban J connectivity index is 1.17. The van der Waals surface area contributed by atoms with Crippen molar-refractivity contribution in [1.29, 1.82) is 0 Å². The van der Waals surface area contributed by atoms with E-state index in [1.807, 2.05) is 40.1 Å². The van der Waals surface area contributed by atoms with Crippen LogP contribution >= 0.6 is 11.8 Å². The van der Waals surface area contributed by atoms with Crippen LogP contribution in [-0.2, 0) is 16.0 Å². The van der Waals surface area contributed by atoms with Gasteiger partial charge in [-0.15, -0.1) is 11.8 Å². The Morgan fingerprint density at radius 2 is 1.85 bits per heavy atom. The molecule has 0 spiro atoms. The molecule has 2 saturated heterocycles. The summed E-state index contributed by atoms with van der Waals surface area (Å²) in [6, 6.07) is 14.1. The number of methoxy groups -OCH3 is 2. The first-order valence-corrected chi connectivity index (χ1v) is 12.3. The predicted molar refractivity (Wildman–Crippen MR) is 125 cm³/mol. The number of hydrogen-bond donors (Lipinski definition) is 0. The zero-order valence-corrected chi connectivity index (χ0v) is 19.7. The van der Waals surface area contributed by atoms with E-state index in [1.54, 1.807) is 14.2 Å². The molecule has 1 aliphatic carbocycles. The number of thioether (sulfide) groups is 1. The van der Waals surface area contributed by atoms with Gasteiger partial charge in [-0.3, -0.25) is 9.69 Å². The van der Waals surface area contributed by atoms with Gasteiger partial charge in [-0.05, 0) is 42.2 Å². The number of carbonyl (C=O) groups is 2. The number of benzene rings is 2. The summed E-state index contributed by atoms with van der Waals surface area (Å²) < 4.78 is 16.3. The fourth-order valence-corrected chi connectivity index (χ4v) is 6.02. The lowest BCUT2D eigenvalue weighted by atomic mass is 9.99. The highest BCUT2D eigenvalue weighted by Crippen LogP contribution is 2.44. The van der Waals surface area contributed by atoms with E-state index >= 15 is 0 Å². The molecular formula is C25H28N2O5S. The molecule has 5 rings (SSSR count). The summed E-state index contributed by atoms with van der Waals surface area (Å²) in [6.07, 6.45) is 2.02. The molecule has 2 unspecified atom stereocenters. The second-order valence-electron chi connectivity index (χ2n) is 8.59. The van der Waals surface area contributed by atoms with E-state index in [9.17, 15) is 9.59 Å². The van der Waals surface area contributed by atoms with Crippen LogP contribution in [0.4, 0.5) is 4.79 Å². The quantitative estimate of drug-likeness (QED) is 0.599. The second-order valence-corrected chi connectivity index (χ2v) is 9.64. The Labute approximate surface area is 198 Å². The molecular weight excluding hydrogens is 440 g/mol. The molecule has 33 heavy (non-hydrogen) atoms. The van der Waals surface area contributed by atoms with E-state index in [2.05, 4.69) is 12.1 Å². The van der Waals surface area contributed by atoms with Crippen LogP contribution in [0.2, 0.25) is 0 Å². The molecule has 0 saturated carbocycles. The molecule has 3 aliphatic rings. The van der Waals surface area contributed by atoms with Gasteiger partial charge in [-0.2, -0.15) is 0 Å². The fraction of sp³-hybridized carbons (Fsp3) is 0.440. The minimum atomic E-state index is -0.215. The normalized spacial score (nSPS) is 22.1. The first-order chi connectivity index (χ1) is 16.1. The lowest BCUT2D eigenvalue weighted by molar-refractivity contribution is -0.129. The highest BCUT2D eigenvalue weighted by Gasteiger charge is 2.50. The SMILES string of the molecule is COc1ccc(SCC(=O)N2CCC(N3C(=O)OC4Cc5ccccc5C43)CC2)cc1OC. The molecule has 7 nitrogen and oxygen atoms in total. The summed E-state index contributed by atoms with van der Waals surface area (Å²) >= 11 is 1.49. The third-order valence-electron chi connectivity index (χ3n) is 6.84. The topological polar surface area (TPSA) is 68.3 Å². The summed E-state index contributed by atoms with van der Waals surface area (Å²) in [5.41, 5.74) is 2.47. The second kappa shape index (κ2) is 9.17. The Kier molecular flexibility index (Phi) is 6.10. The van der Waals surface area contributed by atoms with Gasteiger partial charge in [-0.25, -0.2) is 4.79 Å². The largest absolute Gasteiger partial charge is 0.493 e. The van der Waals surface area contributed by atoms with Gasteiger partial charge in [0, 0.05) is 30.4 Å². The van der Waals surface area contributed by atoms with Gasteiger partial charge < -0.3 is 19.1 Å². The molecule has 0 N–H and O–H groups in total. The molecule has 174 valence electrons. The van der Waals surface area contributed by atoms with E-state index in [0.29, 0.717) is 30.3 Å². The molecule has 2 aromatic carbocycles. The number of rotatable bonds is 6. The molecule has 2 atom stereocenters. The minimum Gasteiger partial charge on any atom is -0.493 e. The maximum absolute atomic E-state index is 12.8. The maximum Gasteiger partial charge on any atom is 0.411 e. The molecule has 0 bridgehead atoms. The van der Waals surface area contributed by atoms with Gasteiger partial charge in [-0.1, -0.05) is 24.3 Å². The number of piperidine rings is 1. The van der Waals surface area contributed by atoms with Crippen LogP contribution in [0.3, 0.4) is 0 Å². The molecule has 0 aromatic heterocycles. The van der Waals surface area contributed by atoms with Gasteiger partial charge in [0.1, 0.15) is 6.10 Å². The molecule has 2 heterocycles. The molecule has 2 aromatic rings. The standard InChI is InChI=1S/C25H28N2O5S/c1-30-20-8-7-18(14-21(20)31-2)33-15-23(28)26-11-9-17(10-12-26)27-24-19-6-4-3-5-16(19)13-22(24)32-25(27)29/h3-8,14,17,22,24H,9-13,15H2,1-2H3. The maximum atomic E-state index is 12.8. The van der Waals surface area contributed by atoms with Gasteiger partial charge >= 0.3 is 6.09 Å². The lowest BCUT2D eigenvalue weighted by Crippen LogP contribution is -2.48. The summed E-state index contributed by atoms with van der Waals surface area (Å²) in [5.74, 6) is 1.80. The van der Waals surface area contributed by atoms with Crippen molar-refractivity contribution in [3.63, 3.8) is 0 Å². The number of hydrogen-bond acceptors (Lipinski definition) is 6. The molecule has 2 aliphatic heterocycles. The Morgan fingerprint density at radius 3 is 2.61 bits per heavy atom. The number of ether oxygens (including phenoxy) is 3. The minimum absolute atomic E-state index is 0.00144. The molecule has 0 radical (unpaired) electrons. The number of nitrogens with zero attached hydrogens (tertiary/aromatic N) is 2. The van der Waals surface area contributed by atoms with Crippen LogP contribution in [0.5, 0.6) is 11.5 Å². The number of carbonyl (C=O) groups excluding carboxylic acids is 2. The summed E-state index contributed by atoms with van der Waals surface area (Å²) in [7, 11) is 3.20. The lowest BCUT2D eigenvalue weighted by Gasteiger charge is -2.38. The summed E-state index contributed by atoms with van der Waals surface area (Å²) in [5, 5.41) is 0. The van der Waals surface area contributed by atoms with Gasteiger partial charge in [0.2, 0.25) is 5.91 Å². The molecule has 2 amide bonds. The van der Waals surface area contributed by atoms with Crippen LogP contribution in [0.1, 0.15) is 30.0 Å². The molecule has 2 fully saturated rings. The predicted octanol–water partition coefficient (Wildman–Crippen LogP) is 3.91. The van der Waals surface area contributed by atoms with Gasteiger partial charge in [0.25, 0.3) is 0 Å². The van der Waals surface area contributed by atoms with Gasteiger partial charge in [0.05, 0.1) is 26.0 Å². The van der Waals surface area contributed by atoms with E-state index in [1.165, 1.54) is 22.9 Å². The highest BCUT2D eigenvalue weighted by atomic mass is 32.2. The average molecular weight is 469 g/mol. The summed E-state index contributed by atoms with van der Waals surface area (Å²) in [6.45, 7) is 1.30. The fourth-order valence-electron chi connectivity index (χ4n) is 5.19. The van der Waals surface area contributed by atoms with Crippen LogP contribution in [-0.4, -0.2) is 67.0 Å². The number of amides is 2. The molecule has 8 heteroatoms. The van der Waals surface area contributed by atoms with Crippen LogP contribution < -0.4 is 9.47 Å². The average Bonchev–Trinajstić information content (AvgIpc) is 3.36. The Hall–Kier alpha value is -2.87. The highest BCUT2D eigenvalue weighted by molar-refractivity contribution is 8.00. The van der Waals surface area contributed by atoms with Crippen molar-refractivity contribution in [3.8, 4) is 11.5 Å². The number of likely N-dealkylation sites (tertiary alicyclic amines) is 1. The smallest absolute Gasteiger partial charge is 0.411 e. The van der Waals surface area contributed by atoms with Crippen LogP contribution in [0, 0.1) is 0 Å². The van der Waals surface area contributed by atoms with Crippen molar-refractivity contribution in [1.82, 2.24) is 9.80 Å². The first kappa shape index (κ1) is 21.9. The van der Waals surface area contributed by atoms with E-state index in [4.69, 9.17) is 14.2 Å². The van der Waals surface area contributed by atoms with Crippen molar-refractivity contribution in [2.75, 3.05) is 33.1 Å². The van der Waals surface area contributed by atoms with Crippen molar-refractivity contribution in [3.05, 3.63) is 53.6 Å². The third kappa shape index (κ3) is 4.12. The summed E-state index contributed by atoms with van der Waals surface area (Å²) in [4.78, 5) is 30.3.